The van der Waals surface area contributed by atoms with Crippen LogP contribution in [0.3, 0.4) is 0 Å². The van der Waals surface area contributed by atoms with Crippen molar-refractivity contribution in [2.24, 2.45) is 11.1 Å². The van der Waals surface area contributed by atoms with Gasteiger partial charge in [-0.1, -0.05) is 19.1 Å². The number of fused-ring (bicyclic) bond motifs is 1. The zero-order chi connectivity index (χ0) is 12.6. The van der Waals surface area contributed by atoms with Crippen molar-refractivity contribution in [3.8, 4) is 0 Å². The molecule has 1 aromatic carbocycles. The van der Waals surface area contributed by atoms with Crippen LogP contribution in [0.25, 0.3) is 10.9 Å². The van der Waals surface area contributed by atoms with Gasteiger partial charge in [-0.15, -0.1) is 0 Å². The Hall–Kier alpha value is -1.13. The third-order valence-electron chi connectivity index (χ3n) is 4.12. The molecule has 0 bridgehead atoms. The minimum atomic E-state index is 0.330. The van der Waals surface area contributed by atoms with Crippen LogP contribution < -0.4 is 10.6 Å². The van der Waals surface area contributed by atoms with E-state index in [0.717, 1.165) is 25.2 Å². The zero-order valence-corrected chi connectivity index (χ0v) is 11.5. The van der Waals surface area contributed by atoms with Crippen LogP contribution in [0.4, 0.5) is 5.00 Å². The Labute approximate surface area is 112 Å². The molecule has 96 valence electrons. The summed E-state index contributed by atoms with van der Waals surface area (Å²) in [6.07, 6.45) is 2.35. The van der Waals surface area contributed by atoms with Crippen molar-refractivity contribution >= 4 is 27.4 Å². The third-order valence-corrected chi connectivity index (χ3v) is 5.05. The number of nitrogens with zero attached hydrogens (tertiary/aromatic N) is 2. The molecule has 0 amide bonds. The quantitative estimate of drug-likeness (QED) is 0.904. The Morgan fingerprint density at radius 1 is 1.33 bits per heavy atom. The third kappa shape index (κ3) is 1.99. The number of hydrogen-bond donors (Lipinski definition) is 1. The molecule has 3 nitrogen and oxygen atoms in total. The van der Waals surface area contributed by atoms with E-state index in [1.165, 1.54) is 23.2 Å². The Bertz CT molecular complexity index is 541. The first kappa shape index (κ1) is 11.9. The monoisotopic (exact) mass is 261 g/mol. The zero-order valence-electron chi connectivity index (χ0n) is 10.7. The average molecular weight is 261 g/mol. The van der Waals surface area contributed by atoms with Crippen LogP contribution in [0.1, 0.15) is 19.8 Å². The van der Waals surface area contributed by atoms with Crippen LogP contribution in [-0.2, 0) is 0 Å². The van der Waals surface area contributed by atoms with Crippen LogP contribution >= 0.6 is 11.5 Å². The highest BCUT2D eigenvalue weighted by Gasteiger charge is 2.29. The summed E-state index contributed by atoms with van der Waals surface area (Å²) >= 11 is 1.62. The second kappa shape index (κ2) is 4.52. The second-order valence-electron chi connectivity index (χ2n) is 5.51. The molecule has 18 heavy (non-hydrogen) atoms. The highest BCUT2D eigenvalue weighted by Crippen LogP contribution is 2.37. The summed E-state index contributed by atoms with van der Waals surface area (Å²) in [6, 6.07) is 8.40. The molecule has 1 aliphatic heterocycles. The van der Waals surface area contributed by atoms with E-state index < -0.39 is 0 Å². The smallest absolute Gasteiger partial charge is 0.119 e. The topological polar surface area (TPSA) is 42.1 Å². The lowest BCUT2D eigenvalue weighted by Gasteiger charge is -2.39. The van der Waals surface area contributed by atoms with Crippen LogP contribution in [0.2, 0.25) is 0 Å². The Balaban J connectivity index is 1.85. The van der Waals surface area contributed by atoms with Crippen molar-refractivity contribution in [2.45, 2.75) is 19.8 Å². The van der Waals surface area contributed by atoms with Gasteiger partial charge in [-0.3, -0.25) is 0 Å². The van der Waals surface area contributed by atoms with E-state index in [0.29, 0.717) is 5.41 Å². The molecule has 0 atom stereocenters. The molecule has 4 heteroatoms. The molecule has 0 radical (unpaired) electrons. The van der Waals surface area contributed by atoms with E-state index in [2.05, 4.69) is 34.4 Å². The fraction of sp³-hybridized carbons (Fsp3) is 0.500. The molecule has 1 aliphatic rings. The van der Waals surface area contributed by atoms with Gasteiger partial charge in [0.05, 0.1) is 5.52 Å². The highest BCUT2D eigenvalue weighted by atomic mass is 32.1. The number of aromatic nitrogens is 1. The SMILES string of the molecule is CC1(CN)CCN(c2snc3ccccc23)CC1. The Kier molecular flexibility index (Phi) is 2.99. The van der Waals surface area contributed by atoms with E-state index in [9.17, 15) is 0 Å². The molecule has 0 saturated carbocycles. The Morgan fingerprint density at radius 3 is 2.78 bits per heavy atom. The fourth-order valence-corrected chi connectivity index (χ4v) is 3.47. The maximum Gasteiger partial charge on any atom is 0.119 e. The lowest BCUT2D eigenvalue weighted by Crippen LogP contribution is -2.42. The molecule has 2 aromatic rings. The van der Waals surface area contributed by atoms with Gasteiger partial charge in [0.2, 0.25) is 0 Å². The van der Waals surface area contributed by atoms with Crippen LogP contribution in [0.15, 0.2) is 24.3 Å². The number of hydrogen-bond acceptors (Lipinski definition) is 4. The molecule has 2 N–H and O–H groups in total. The maximum absolute atomic E-state index is 5.86. The van der Waals surface area contributed by atoms with E-state index in [-0.39, 0.29) is 0 Å². The average Bonchev–Trinajstić information content (AvgIpc) is 2.84. The van der Waals surface area contributed by atoms with Crippen LogP contribution in [-0.4, -0.2) is 24.0 Å². The summed E-state index contributed by atoms with van der Waals surface area (Å²) in [4.78, 5) is 2.47. The van der Waals surface area contributed by atoms with E-state index >= 15 is 0 Å². The largest absolute Gasteiger partial charge is 0.362 e. The summed E-state index contributed by atoms with van der Waals surface area (Å²) in [5, 5.41) is 2.61. The number of nitrogens with two attached hydrogens (primary N) is 1. The maximum atomic E-state index is 5.86. The molecule has 0 spiro atoms. The number of anilines is 1. The molecule has 0 unspecified atom stereocenters. The van der Waals surface area contributed by atoms with Crippen molar-refractivity contribution in [1.29, 1.82) is 0 Å². The molecule has 1 aromatic heterocycles. The van der Waals surface area contributed by atoms with Gasteiger partial charge in [0, 0.05) is 18.5 Å². The first-order valence-corrected chi connectivity index (χ1v) is 7.29. The van der Waals surface area contributed by atoms with Gasteiger partial charge in [-0.25, -0.2) is 0 Å². The molecule has 1 saturated heterocycles. The molecule has 1 fully saturated rings. The first-order valence-electron chi connectivity index (χ1n) is 6.51. The van der Waals surface area contributed by atoms with E-state index in [4.69, 9.17) is 5.73 Å². The summed E-state index contributed by atoms with van der Waals surface area (Å²) < 4.78 is 4.53. The normalized spacial score (nSPS) is 19.3. The van der Waals surface area contributed by atoms with Gasteiger partial charge in [0.15, 0.2) is 0 Å². The fourth-order valence-electron chi connectivity index (χ4n) is 2.56. The van der Waals surface area contributed by atoms with Gasteiger partial charge >= 0.3 is 0 Å². The lowest BCUT2D eigenvalue weighted by molar-refractivity contribution is 0.259. The van der Waals surface area contributed by atoms with E-state index in [1.807, 2.05) is 6.07 Å². The molecule has 2 heterocycles. The van der Waals surface area contributed by atoms with E-state index in [1.54, 1.807) is 11.5 Å². The number of rotatable bonds is 2. The summed E-state index contributed by atoms with van der Waals surface area (Å²) in [7, 11) is 0. The van der Waals surface area contributed by atoms with Gasteiger partial charge in [0.25, 0.3) is 0 Å². The van der Waals surface area contributed by atoms with Gasteiger partial charge < -0.3 is 10.6 Å². The van der Waals surface area contributed by atoms with Crippen molar-refractivity contribution in [2.75, 3.05) is 24.5 Å². The van der Waals surface area contributed by atoms with Crippen LogP contribution in [0, 0.1) is 5.41 Å². The highest BCUT2D eigenvalue weighted by molar-refractivity contribution is 7.11. The van der Waals surface area contributed by atoms with Crippen molar-refractivity contribution < 1.29 is 0 Å². The number of piperidine rings is 1. The van der Waals surface area contributed by atoms with Crippen molar-refractivity contribution in [3.05, 3.63) is 24.3 Å². The molecular formula is C14H19N3S. The minimum Gasteiger partial charge on any atom is -0.362 e. The summed E-state index contributed by atoms with van der Waals surface area (Å²) in [6.45, 7) is 5.29. The predicted molar refractivity (Wildman–Crippen MR) is 78.2 cm³/mol. The summed E-state index contributed by atoms with van der Waals surface area (Å²) in [5.41, 5.74) is 7.31. The Morgan fingerprint density at radius 2 is 2.06 bits per heavy atom. The van der Waals surface area contributed by atoms with Crippen molar-refractivity contribution in [1.82, 2.24) is 4.37 Å². The molecule has 0 aliphatic carbocycles. The van der Waals surface area contributed by atoms with Crippen molar-refractivity contribution in [3.63, 3.8) is 0 Å². The van der Waals surface area contributed by atoms with Crippen LogP contribution in [0.5, 0.6) is 0 Å². The summed E-state index contributed by atoms with van der Waals surface area (Å²) in [5.74, 6) is 0. The predicted octanol–water partition coefficient (Wildman–Crippen LogP) is 2.86. The second-order valence-corrected chi connectivity index (χ2v) is 6.26. The van der Waals surface area contributed by atoms with Gasteiger partial charge in [-0.05, 0) is 48.5 Å². The minimum absolute atomic E-state index is 0.330. The first-order chi connectivity index (χ1) is 8.72. The standard InChI is InChI=1S/C14H19N3S/c1-14(10-15)6-8-17(9-7-14)13-11-4-2-3-5-12(11)16-18-13/h2-5H,6-10,15H2,1H3. The van der Waals surface area contributed by atoms with Gasteiger partial charge in [-0.2, -0.15) is 4.37 Å². The van der Waals surface area contributed by atoms with Gasteiger partial charge in [0.1, 0.15) is 5.00 Å². The lowest BCUT2D eigenvalue weighted by atomic mass is 9.80. The molecule has 3 rings (SSSR count). The number of benzene rings is 1. The molecular weight excluding hydrogens is 242 g/mol.